The van der Waals surface area contributed by atoms with Gasteiger partial charge in [-0.1, -0.05) is 6.92 Å². The van der Waals surface area contributed by atoms with E-state index in [0.29, 0.717) is 41.2 Å². The summed E-state index contributed by atoms with van der Waals surface area (Å²) in [5, 5.41) is 24.9. The van der Waals surface area contributed by atoms with E-state index in [2.05, 4.69) is 5.32 Å². The number of fused-ring (bicyclic) bond motifs is 7. The molecule has 0 saturated heterocycles. The zero-order chi connectivity index (χ0) is 26.5. The molecule has 11 nitrogen and oxygen atoms in total. The summed E-state index contributed by atoms with van der Waals surface area (Å²) in [5.41, 5.74) is 2.34. The zero-order valence-electron chi connectivity index (χ0n) is 20.8. The van der Waals surface area contributed by atoms with Crippen LogP contribution in [-0.2, 0) is 39.5 Å². The third kappa shape index (κ3) is 2.91. The predicted molar refractivity (Wildman–Crippen MR) is 132 cm³/mol. The van der Waals surface area contributed by atoms with Crippen LogP contribution in [0.5, 0.6) is 11.5 Å². The number of aromatic nitrogens is 2. The number of nitrogens with zero attached hydrogens (tertiary/aromatic N) is 2. The van der Waals surface area contributed by atoms with Crippen molar-refractivity contribution in [2.75, 3.05) is 6.79 Å². The highest BCUT2D eigenvalue weighted by Crippen LogP contribution is 2.50. The monoisotopic (exact) mass is 519 g/mol. The lowest BCUT2D eigenvalue weighted by Crippen LogP contribution is -2.44. The maximum absolute atomic E-state index is 13.7. The van der Waals surface area contributed by atoms with E-state index >= 15 is 0 Å². The molecule has 1 aliphatic carbocycles. The number of carbonyl (C=O) groups excluding carboxylic acids is 2. The number of ether oxygens (including phenoxy) is 3. The Kier molecular flexibility index (Phi) is 4.74. The summed E-state index contributed by atoms with van der Waals surface area (Å²) in [6.45, 7) is 3.15. The van der Waals surface area contributed by atoms with Gasteiger partial charge in [-0.05, 0) is 37.8 Å². The first-order valence-corrected chi connectivity index (χ1v) is 12.7. The first-order valence-electron chi connectivity index (χ1n) is 12.7. The van der Waals surface area contributed by atoms with Crippen molar-refractivity contribution in [1.29, 1.82) is 0 Å². The predicted octanol–water partition coefficient (Wildman–Crippen LogP) is 1.29. The molecule has 0 unspecified atom stereocenters. The number of aryl methyl sites for hydroxylation is 1. The van der Waals surface area contributed by atoms with Crippen LogP contribution < -0.4 is 20.3 Å². The molecule has 2 aromatic heterocycles. The van der Waals surface area contributed by atoms with Crippen LogP contribution in [0, 0.1) is 0 Å². The maximum atomic E-state index is 13.7. The van der Waals surface area contributed by atoms with E-state index in [1.807, 2.05) is 0 Å². The second kappa shape index (κ2) is 7.78. The van der Waals surface area contributed by atoms with Gasteiger partial charge in [0.2, 0.25) is 12.7 Å². The van der Waals surface area contributed by atoms with E-state index in [1.54, 1.807) is 23.6 Å². The number of carbonyl (C=O) groups is 2. The lowest BCUT2D eigenvalue weighted by molar-refractivity contribution is -0.172. The number of cyclic esters (lactones) is 1. The van der Waals surface area contributed by atoms with Gasteiger partial charge in [0, 0.05) is 28.1 Å². The summed E-state index contributed by atoms with van der Waals surface area (Å²) < 4.78 is 18.2. The minimum atomic E-state index is -1.93. The first kappa shape index (κ1) is 23.2. The highest BCUT2D eigenvalue weighted by atomic mass is 16.7. The molecule has 4 aliphatic rings. The Labute approximate surface area is 216 Å². The van der Waals surface area contributed by atoms with Gasteiger partial charge in [0.1, 0.15) is 12.7 Å². The Bertz CT molecular complexity index is 1660. The van der Waals surface area contributed by atoms with Crippen LogP contribution in [0.4, 0.5) is 0 Å². The molecule has 5 heterocycles. The molecule has 3 aliphatic heterocycles. The van der Waals surface area contributed by atoms with E-state index in [-0.39, 0.29) is 43.1 Å². The summed E-state index contributed by atoms with van der Waals surface area (Å²) in [6.07, 6.45) is 0.0158. The molecular formula is C27H25N3O8. The lowest BCUT2D eigenvalue weighted by atomic mass is 9.82. The fourth-order valence-electron chi connectivity index (χ4n) is 6.23. The Morgan fingerprint density at radius 2 is 2.05 bits per heavy atom. The summed E-state index contributed by atoms with van der Waals surface area (Å²) in [7, 11) is 0. The van der Waals surface area contributed by atoms with Gasteiger partial charge in [0.25, 0.3) is 5.56 Å². The molecule has 196 valence electrons. The molecule has 7 rings (SSSR count). The van der Waals surface area contributed by atoms with Crippen LogP contribution >= 0.6 is 0 Å². The summed E-state index contributed by atoms with van der Waals surface area (Å²) >= 11 is 0. The number of hydrogen-bond acceptors (Lipinski definition) is 9. The summed E-state index contributed by atoms with van der Waals surface area (Å²) in [4.78, 5) is 43.7. The largest absolute Gasteiger partial charge is 0.458 e. The number of hydrogen-bond donors (Lipinski definition) is 3. The fraction of sp³-hybridized carbons (Fsp3) is 0.407. The van der Waals surface area contributed by atoms with Crippen LogP contribution in [0.15, 0.2) is 16.9 Å². The number of amides is 1. The summed E-state index contributed by atoms with van der Waals surface area (Å²) in [5.74, 6) is -0.0338. The van der Waals surface area contributed by atoms with Gasteiger partial charge in [0.05, 0.1) is 35.1 Å². The smallest absolute Gasteiger partial charge is 0.343 e. The van der Waals surface area contributed by atoms with Gasteiger partial charge in [-0.3, -0.25) is 9.59 Å². The second-order valence-electron chi connectivity index (χ2n) is 10.2. The Balaban J connectivity index is 1.51. The van der Waals surface area contributed by atoms with Crippen LogP contribution in [0.1, 0.15) is 60.5 Å². The molecule has 0 saturated carbocycles. The molecule has 0 spiro atoms. The minimum absolute atomic E-state index is 0.0469. The average molecular weight is 520 g/mol. The number of aliphatic hydroxyl groups is 2. The fourth-order valence-corrected chi connectivity index (χ4v) is 6.23. The number of rotatable bonds is 3. The van der Waals surface area contributed by atoms with Crippen LogP contribution in [0.25, 0.3) is 22.3 Å². The van der Waals surface area contributed by atoms with Gasteiger partial charge < -0.3 is 34.3 Å². The third-order valence-corrected chi connectivity index (χ3v) is 8.18. The van der Waals surface area contributed by atoms with Crippen LogP contribution in [0.2, 0.25) is 0 Å². The first-order chi connectivity index (χ1) is 18.2. The van der Waals surface area contributed by atoms with Crippen LogP contribution in [0.3, 0.4) is 0 Å². The van der Waals surface area contributed by atoms with E-state index in [9.17, 15) is 24.6 Å². The standard InChI is InChI=1S/C27H25N3O8/c1-3-27(35)15-6-18-22-13(8-30(18)25(33)14(15)9-36-26(27)34)21-16(29-24(32)11(2)31)5-4-12-20(21)17(28-22)7-19-23(12)38-10-37-19/h6-7,11,16,31,35H,3-5,8-10H2,1-2H3,(H,29,32)/t11-,16+,27+/m1/s1. The Hall–Kier alpha value is -3.96. The molecule has 3 aromatic rings. The van der Waals surface area contributed by atoms with Crippen molar-refractivity contribution in [3.05, 3.63) is 50.3 Å². The quantitative estimate of drug-likeness (QED) is 0.340. The highest BCUT2D eigenvalue weighted by Gasteiger charge is 2.46. The van der Waals surface area contributed by atoms with Gasteiger partial charge >= 0.3 is 5.97 Å². The topological polar surface area (TPSA) is 149 Å². The van der Waals surface area contributed by atoms with E-state index < -0.39 is 29.6 Å². The van der Waals surface area contributed by atoms with Crippen molar-refractivity contribution < 1.29 is 34.0 Å². The van der Waals surface area contributed by atoms with Gasteiger partial charge in [-0.2, -0.15) is 0 Å². The van der Waals surface area contributed by atoms with Gasteiger partial charge in [-0.15, -0.1) is 0 Å². The molecule has 3 atom stereocenters. The molecule has 0 fully saturated rings. The molecule has 0 radical (unpaired) electrons. The second-order valence-corrected chi connectivity index (χ2v) is 10.2. The van der Waals surface area contributed by atoms with Crippen molar-refractivity contribution in [3.63, 3.8) is 0 Å². The van der Waals surface area contributed by atoms with Gasteiger partial charge in [-0.25, -0.2) is 9.78 Å². The molecule has 11 heteroatoms. The molecule has 38 heavy (non-hydrogen) atoms. The van der Waals surface area contributed by atoms with Crippen molar-refractivity contribution in [2.45, 2.75) is 64.0 Å². The van der Waals surface area contributed by atoms with E-state index in [4.69, 9.17) is 19.2 Å². The average Bonchev–Trinajstić information content (AvgIpc) is 3.52. The number of pyridine rings is 2. The molecule has 0 bridgehead atoms. The van der Waals surface area contributed by atoms with Crippen molar-refractivity contribution >= 4 is 22.8 Å². The number of aliphatic hydroxyl groups excluding tert-OH is 1. The Morgan fingerprint density at radius 3 is 2.82 bits per heavy atom. The molecular weight excluding hydrogens is 494 g/mol. The summed E-state index contributed by atoms with van der Waals surface area (Å²) in [6, 6.07) is 3.03. The zero-order valence-corrected chi connectivity index (χ0v) is 20.8. The number of esters is 1. The molecule has 1 amide bonds. The molecule has 1 aromatic carbocycles. The van der Waals surface area contributed by atoms with Gasteiger partial charge in [0.15, 0.2) is 17.1 Å². The minimum Gasteiger partial charge on any atom is -0.458 e. The van der Waals surface area contributed by atoms with Crippen molar-refractivity contribution in [2.24, 2.45) is 0 Å². The van der Waals surface area contributed by atoms with Crippen LogP contribution in [-0.4, -0.2) is 44.5 Å². The van der Waals surface area contributed by atoms with E-state index in [1.165, 1.54) is 6.92 Å². The number of benzene rings is 1. The normalized spacial score (nSPS) is 22.9. The maximum Gasteiger partial charge on any atom is 0.343 e. The highest BCUT2D eigenvalue weighted by molar-refractivity contribution is 5.96. The molecule has 3 N–H and O–H groups in total. The van der Waals surface area contributed by atoms with E-state index in [0.717, 1.165) is 22.1 Å². The van der Waals surface area contributed by atoms with Crippen molar-refractivity contribution in [3.8, 4) is 22.9 Å². The van der Waals surface area contributed by atoms with Crippen molar-refractivity contribution in [1.82, 2.24) is 14.9 Å². The number of nitrogens with one attached hydrogen (secondary N) is 1. The lowest BCUT2D eigenvalue weighted by Gasteiger charge is -2.31. The third-order valence-electron chi connectivity index (χ3n) is 8.18. The SMILES string of the molecule is CC[C@@]1(O)C(=O)OCc2c1cc1n(c2=O)Cc2c-1nc1cc3c(c4c1c2[C@@H](NC(=O)[C@@H](C)O)CC4)OCO3. The Morgan fingerprint density at radius 1 is 1.24 bits per heavy atom.